The second-order valence-electron chi connectivity index (χ2n) is 5.12. The monoisotopic (exact) mass is 273 g/mol. The average molecular weight is 273 g/mol. The summed E-state index contributed by atoms with van der Waals surface area (Å²) in [4.78, 5) is 9.15. The molecule has 0 aliphatic heterocycles. The van der Waals surface area contributed by atoms with Crippen LogP contribution in [0, 0.1) is 6.92 Å². The van der Waals surface area contributed by atoms with E-state index in [0.717, 1.165) is 23.8 Å². The molecule has 108 valence electrons. The number of nitrogens with zero attached hydrogens (tertiary/aromatic N) is 3. The van der Waals surface area contributed by atoms with Gasteiger partial charge in [-0.3, -0.25) is 0 Å². The molecule has 0 unspecified atom stereocenters. The highest BCUT2D eigenvalue weighted by Gasteiger charge is 2.04. The van der Waals surface area contributed by atoms with Crippen molar-refractivity contribution in [3.05, 3.63) is 35.8 Å². The summed E-state index contributed by atoms with van der Waals surface area (Å²) in [5, 5.41) is 6.53. The first-order valence-corrected chi connectivity index (χ1v) is 7.08. The molecule has 2 rings (SSSR count). The van der Waals surface area contributed by atoms with Crippen molar-refractivity contribution in [3.63, 3.8) is 0 Å². The number of aromatic nitrogens is 2. The topological polar surface area (TPSA) is 53.7 Å². The standard InChI is InChI=1S/C15H23N5/c1-5-16-15(18-11(2)3)17-9-13-10-20-12(4)7-6-8-14(20)19-13/h6-8,10-11H,5,9H2,1-4H3,(H2,16,17,18). The minimum atomic E-state index is 0.358. The Morgan fingerprint density at radius 2 is 2.20 bits per heavy atom. The van der Waals surface area contributed by atoms with Crippen molar-refractivity contribution in [1.82, 2.24) is 20.0 Å². The Bertz CT molecular complexity index is 597. The largest absolute Gasteiger partial charge is 0.357 e. The van der Waals surface area contributed by atoms with Gasteiger partial charge in [0.15, 0.2) is 5.96 Å². The van der Waals surface area contributed by atoms with Crippen molar-refractivity contribution in [2.75, 3.05) is 6.54 Å². The van der Waals surface area contributed by atoms with Crippen LogP contribution in [-0.4, -0.2) is 27.9 Å². The lowest BCUT2D eigenvalue weighted by Gasteiger charge is -2.13. The first-order valence-electron chi connectivity index (χ1n) is 7.08. The molecule has 0 fully saturated rings. The molecule has 2 aromatic heterocycles. The maximum Gasteiger partial charge on any atom is 0.191 e. The van der Waals surface area contributed by atoms with Crippen molar-refractivity contribution >= 4 is 11.6 Å². The highest BCUT2D eigenvalue weighted by atomic mass is 15.2. The van der Waals surface area contributed by atoms with Gasteiger partial charge in [0.1, 0.15) is 5.65 Å². The van der Waals surface area contributed by atoms with Crippen LogP contribution in [0.2, 0.25) is 0 Å². The fourth-order valence-electron chi connectivity index (χ4n) is 2.03. The molecule has 0 aliphatic rings. The van der Waals surface area contributed by atoms with Gasteiger partial charge in [-0.1, -0.05) is 6.07 Å². The lowest BCUT2D eigenvalue weighted by molar-refractivity contribution is 0.700. The van der Waals surface area contributed by atoms with E-state index in [1.54, 1.807) is 0 Å². The fourth-order valence-corrected chi connectivity index (χ4v) is 2.03. The second kappa shape index (κ2) is 6.41. The number of guanidine groups is 1. The molecule has 0 aromatic carbocycles. The first-order chi connectivity index (χ1) is 9.60. The Morgan fingerprint density at radius 1 is 1.40 bits per heavy atom. The van der Waals surface area contributed by atoms with E-state index in [9.17, 15) is 0 Å². The van der Waals surface area contributed by atoms with E-state index in [2.05, 4.69) is 58.8 Å². The van der Waals surface area contributed by atoms with E-state index in [4.69, 9.17) is 0 Å². The number of nitrogens with one attached hydrogen (secondary N) is 2. The number of aliphatic imine (C=N–C) groups is 1. The number of fused-ring (bicyclic) bond motifs is 1. The van der Waals surface area contributed by atoms with Crippen LogP contribution in [0.4, 0.5) is 0 Å². The van der Waals surface area contributed by atoms with Crippen LogP contribution >= 0.6 is 0 Å². The lowest BCUT2D eigenvalue weighted by atomic mass is 10.4. The second-order valence-corrected chi connectivity index (χ2v) is 5.12. The molecule has 0 amide bonds. The number of hydrogen-bond acceptors (Lipinski definition) is 2. The third-order valence-corrected chi connectivity index (χ3v) is 2.91. The molecular formula is C15H23N5. The summed E-state index contributed by atoms with van der Waals surface area (Å²) in [5.74, 6) is 0.830. The minimum Gasteiger partial charge on any atom is -0.357 e. The van der Waals surface area contributed by atoms with Crippen LogP contribution in [0.15, 0.2) is 29.4 Å². The molecule has 20 heavy (non-hydrogen) atoms. The van der Waals surface area contributed by atoms with Crippen LogP contribution in [0.1, 0.15) is 32.2 Å². The summed E-state index contributed by atoms with van der Waals surface area (Å²) >= 11 is 0. The molecule has 5 heteroatoms. The van der Waals surface area contributed by atoms with Gasteiger partial charge in [0.05, 0.1) is 12.2 Å². The third-order valence-electron chi connectivity index (χ3n) is 2.91. The van der Waals surface area contributed by atoms with Gasteiger partial charge in [-0.2, -0.15) is 0 Å². The molecule has 0 bridgehead atoms. The number of rotatable bonds is 4. The molecule has 2 aromatic rings. The summed E-state index contributed by atoms with van der Waals surface area (Å²) in [6.07, 6.45) is 2.05. The molecule has 0 spiro atoms. The lowest BCUT2D eigenvalue weighted by Crippen LogP contribution is -2.41. The number of pyridine rings is 1. The fraction of sp³-hybridized carbons (Fsp3) is 0.467. The van der Waals surface area contributed by atoms with Gasteiger partial charge in [-0.15, -0.1) is 0 Å². The molecule has 0 saturated heterocycles. The summed E-state index contributed by atoms with van der Waals surface area (Å²) in [7, 11) is 0. The third kappa shape index (κ3) is 3.50. The van der Waals surface area contributed by atoms with E-state index >= 15 is 0 Å². The SMILES string of the molecule is CCNC(=NCc1cn2c(C)cccc2n1)NC(C)C. The quantitative estimate of drug-likeness (QED) is 0.662. The predicted octanol–water partition coefficient (Wildman–Crippen LogP) is 2.11. The van der Waals surface area contributed by atoms with Gasteiger partial charge in [0.25, 0.3) is 0 Å². The maximum atomic E-state index is 4.59. The molecule has 0 radical (unpaired) electrons. The smallest absolute Gasteiger partial charge is 0.191 e. The van der Waals surface area contributed by atoms with Gasteiger partial charge < -0.3 is 15.0 Å². The number of imidazole rings is 1. The van der Waals surface area contributed by atoms with Crippen LogP contribution in [0.5, 0.6) is 0 Å². The highest BCUT2D eigenvalue weighted by Crippen LogP contribution is 2.09. The van der Waals surface area contributed by atoms with E-state index in [-0.39, 0.29) is 0 Å². The average Bonchev–Trinajstić information content (AvgIpc) is 2.80. The Kier molecular flexibility index (Phi) is 4.61. The Morgan fingerprint density at radius 3 is 2.85 bits per heavy atom. The summed E-state index contributed by atoms with van der Waals surface area (Å²) < 4.78 is 2.09. The van der Waals surface area contributed by atoms with Gasteiger partial charge in [0, 0.05) is 24.5 Å². The maximum absolute atomic E-state index is 4.59. The first kappa shape index (κ1) is 14.4. The van der Waals surface area contributed by atoms with Crippen molar-refractivity contribution in [2.24, 2.45) is 4.99 Å². The van der Waals surface area contributed by atoms with Crippen molar-refractivity contribution in [2.45, 2.75) is 40.3 Å². The van der Waals surface area contributed by atoms with Crippen LogP contribution in [0.3, 0.4) is 0 Å². The molecule has 5 nitrogen and oxygen atoms in total. The Hall–Kier alpha value is -2.04. The summed E-state index contributed by atoms with van der Waals surface area (Å²) in [6, 6.07) is 6.47. The number of aryl methyl sites for hydroxylation is 1. The molecule has 2 heterocycles. The summed E-state index contributed by atoms with van der Waals surface area (Å²) in [6.45, 7) is 9.76. The summed E-state index contributed by atoms with van der Waals surface area (Å²) in [5.41, 5.74) is 3.12. The van der Waals surface area contributed by atoms with E-state index < -0.39 is 0 Å². The van der Waals surface area contributed by atoms with Crippen molar-refractivity contribution < 1.29 is 0 Å². The van der Waals surface area contributed by atoms with E-state index in [1.807, 2.05) is 18.3 Å². The van der Waals surface area contributed by atoms with E-state index in [1.165, 1.54) is 5.69 Å². The molecular weight excluding hydrogens is 250 g/mol. The molecule has 0 aliphatic carbocycles. The zero-order valence-corrected chi connectivity index (χ0v) is 12.6. The highest BCUT2D eigenvalue weighted by molar-refractivity contribution is 5.79. The van der Waals surface area contributed by atoms with Crippen LogP contribution in [-0.2, 0) is 6.54 Å². The normalized spacial score (nSPS) is 12.2. The Labute approximate surface area is 120 Å². The zero-order valence-electron chi connectivity index (χ0n) is 12.6. The van der Waals surface area contributed by atoms with Gasteiger partial charge in [-0.25, -0.2) is 9.98 Å². The number of hydrogen-bond donors (Lipinski definition) is 2. The molecule has 2 N–H and O–H groups in total. The Balaban J connectivity index is 2.15. The van der Waals surface area contributed by atoms with Crippen molar-refractivity contribution in [3.8, 4) is 0 Å². The minimum absolute atomic E-state index is 0.358. The predicted molar refractivity (Wildman–Crippen MR) is 83.0 cm³/mol. The molecule has 0 saturated carbocycles. The zero-order chi connectivity index (χ0) is 14.5. The van der Waals surface area contributed by atoms with Crippen LogP contribution < -0.4 is 10.6 Å². The van der Waals surface area contributed by atoms with Gasteiger partial charge in [0.2, 0.25) is 0 Å². The van der Waals surface area contributed by atoms with Crippen molar-refractivity contribution in [1.29, 1.82) is 0 Å². The van der Waals surface area contributed by atoms with E-state index in [0.29, 0.717) is 12.6 Å². The molecule has 0 atom stereocenters. The van der Waals surface area contributed by atoms with Gasteiger partial charge >= 0.3 is 0 Å². The van der Waals surface area contributed by atoms with Gasteiger partial charge in [-0.05, 0) is 39.8 Å². The van der Waals surface area contributed by atoms with Crippen LogP contribution in [0.25, 0.3) is 5.65 Å².